The molecule has 12 heavy (non-hydrogen) atoms. The van der Waals surface area contributed by atoms with Crippen molar-refractivity contribution in [3.63, 3.8) is 0 Å². The molecule has 2 heterocycles. The van der Waals surface area contributed by atoms with Crippen LogP contribution in [0.5, 0.6) is 0 Å². The maximum atomic E-state index is 11.0. The fourth-order valence-electron chi connectivity index (χ4n) is 1.11. The first-order valence-corrected chi connectivity index (χ1v) is 3.59. The molecular formula is C8H7N3O. The van der Waals surface area contributed by atoms with Crippen molar-refractivity contribution < 1.29 is 4.79 Å². The zero-order valence-electron chi connectivity index (χ0n) is 6.56. The highest BCUT2D eigenvalue weighted by molar-refractivity contribution is 5.87. The predicted octanol–water partition coefficient (Wildman–Crippen LogP) is 1.09. The molecular weight excluding hydrogens is 154 g/mol. The van der Waals surface area contributed by atoms with Gasteiger partial charge in [-0.1, -0.05) is 0 Å². The van der Waals surface area contributed by atoms with Crippen molar-refractivity contribution in [3.8, 4) is 0 Å². The summed E-state index contributed by atoms with van der Waals surface area (Å²) < 4.78 is 1.34. The lowest BCUT2D eigenvalue weighted by Crippen LogP contribution is -2.06. The normalized spacial score (nSPS) is 10.4. The maximum absolute atomic E-state index is 11.0. The van der Waals surface area contributed by atoms with Gasteiger partial charge in [0.25, 0.3) is 0 Å². The molecule has 0 saturated heterocycles. The molecule has 0 spiro atoms. The fourth-order valence-corrected chi connectivity index (χ4v) is 1.11. The van der Waals surface area contributed by atoms with Crippen LogP contribution in [-0.2, 0) is 0 Å². The number of hydrogen-bond acceptors (Lipinski definition) is 3. The van der Waals surface area contributed by atoms with Crippen LogP contribution in [0.3, 0.4) is 0 Å². The van der Waals surface area contributed by atoms with E-state index in [-0.39, 0.29) is 5.91 Å². The van der Waals surface area contributed by atoms with Gasteiger partial charge in [0.1, 0.15) is 5.52 Å². The second-order valence-corrected chi connectivity index (χ2v) is 2.48. The van der Waals surface area contributed by atoms with Crippen LogP contribution < -0.4 is 0 Å². The number of nitrogens with zero attached hydrogens (tertiary/aromatic N) is 3. The molecule has 0 fully saturated rings. The second kappa shape index (κ2) is 2.41. The van der Waals surface area contributed by atoms with Gasteiger partial charge in [-0.3, -0.25) is 9.78 Å². The van der Waals surface area contributed by atoms with E-state index in [2.05, 4.69) is 10.1 Å². The molecule has 0 amide bonds. The number of fused-ring (bicyclic) bond motifs is 1. The summed E-state index contributed by atoms with van der Waals surface area (Å²) in [7, 11) is 0. The number of carbonyl (C=O) groups excluding carboxylic acids is 1. The van der Waals surface area contributed by atoms with Crippen molar-refractivity contribution in [2.24, 2.45) is 0 Å². The summed E-state index contributed by atoms with van der Waals surface area (Å²) in [5, 5.41) is 3.90. The molecule has 4 nitrogen and oxygen atoms in total. The van der Waals surface area contributed by atoms with Crippen LogP contribution in [0.2, 0.25) is 0 Å². The monoisotopic (exact) mass is 161 g/mol. The van der Waals surface area contributed by atoms with Crippen LogP contribution in [0.1, 0.15) is 11.7 Å². The summed E-state index contributed by atoms with van der Waals surface area (Å²) in [5.41, 5.74) is 1.50. The van der Waals surface area contributed by atoms with Gasteiger partial charge in [0.2, 0.25) is 5.91 Å². The van der Waals surface area contributed by atoms with Crippen molar-refractivity contribution in [2.75, 3.05) is 0 Å². The number of pyridine rings is 1. The average Bonchev–Trinajstić information content (AvgIpc) is 2.47. The van der Waals surface area contributed by atoms with Gasteiger partial charge in [-0.2, -0.15) is 9.78 Å². The lowest BCUT2D eigenvalue weighted by atomic mass is 10.4. The van der Waals surface area contributed by atoms with Crippen molar-refractivity contribution in [3.05, 3.63) is 24.5 Å². The van der Waals surface area contributed by atoms with Crippen LogP contribution >= 0.6 is 0 Å². The first kappa shape index (κ1) is 6.97. The summed E-state index contributed by atoms with van der Waals surface area (Å²) in [6, 6.07) is 3.60. The Morgan fingerprint density at radius 2 is 2.42 bits per heavy atom. The molecule has 2 rings (SSSR count). The van der Waals surface area contributed by atoms with E-state index in [1.807, 2.05) is 6.07 Å². The van der Waals surface area contributed by atoms with Crippen molar-refractivity contribution in [1.29, 1.82) is 0 Å². The molecule has 0 aliphatic carbocycles. The quantitative estimate of drug-likeness (QED) is 0.581. The van der Waals surface area contributed by atoms with Gasteiger partial charge in [-0.25, -0.2) is 0 Å². The molecule has 0 atom stereocenters. The molecule has 0 aromatic carbocycles. The molecule has 4 heteroatoms. The van der Waals surface area contributed by atoms with Crippen LogP contribution in [0, 0.1) is 0 Å². The molecule has 0 bridgehead atoms. The second-order valence-electron chi connectivity index (χ2n) is 2.48. The van der Waals surface area contributed by atoms with Crippen molar-refractivity contribution >= 4 is 16.9 Å². The van der Waals surface area contributed by atoms with Gasteiger partial charge >= 0.3 is 0 Å². The molecule has 0 aliphatic heterocycles. The van der Waals surface area contributed by atoms with Gasteiger partial charge < -0.3 is 0 Å². The van der Waals surface area contributed by atoms with Crippen LogP contribution in [0.25, 0.3) is 11.0 Å². The zero-order chi connectivity index (χ0) is 8.55. The molecule has 0 unspecified atom stereocenters. The standard InChI is InChI=1S/C8H7N3O/c1-6(12)11-8-3-2-4-9-7(8)5-10-11/h2-5H,1H3. The summed E-state index contributed by atoms with van der Waals surface area (Å²) in [6.07, 6.45) is 3.26. The van der Waals surface area contributed by atoms with E-state index in [4.69, 9.17) is 0 Å². The summed E-state index contributed by atoms with van der Waals surface area (Å²) in [6.45, 7) is 1.47. The molecule has 0 radical (unpaired) electrons. The number of carbonyl (C=O) groups is 1. The predicted molar refractivity (Wildman–Crippen MR) is 43.8 cm³/mol. The Morgan fingerprint density at radius 3 is 3.17 bits per heavy atom. The highest BCUT2D eigenvalue weighted by Crippen LogP contribution is 2.08. The minimum atomic E-state index is -0.0991. The Bertz CT molecular complexity index is 433. The Balaban J connectivity index is 2.79. The average molecular weight is 161 g/mol. The third kappa shape index (κ3) is 0.887. The SMILES string of the molecule is CC(=O)n1ncc2ncccc21. The molecule has 2 aromatic rings. The smallest absolute Gasteiger partial charge is 0.244 e. The first-order chi connectivity index (χ1) is 5.79. The molecule has 0 saturated carbocycles. The zero-order valence-corrected chi connectivity index (χ0v) is 6.56. The minimum Gasteiger partial charge on any atom is -0.273 e. The Hall–Kier alpha value is -1.71. The lowest BCUT2D eigenvalue weighted by Gasteiger charge is -1.94. The third-order valence-electron chi connectivity index (χ3n) is 1.64. The van der Waals surface area contributed by atoms with Crippen molar-refractivity contribution in [1.82, 2.24) is 14.8 Å². The van der Waals surface area contributed by atoms with Gasteiger partial charge in [0.15, 0.2) is 0 Å². The van der Waals surface area contributed by atoms with Gasteiger partial charge in [-0.15, -0.1) is 0 Å². The highest BCUT2D eigenvalue weighted by Gasteiger charge is 2.04. The highest BCUT2D eigenvalue weighted by atomic mass is 16.2. The van der Waals surface area contributed by atoms with E-state index < -0.39 is 0 Å². The minimum absolute atomic E-state index is 0.0991. The first-order valence-electron chi connectivity index (χ1n) is 3.59. The number of aromatic nitrogens is 3. The molecule has 2 aromatic heterocycles. The molecule has 0 aliphatic rings. The lowest BCUT2D eigenvalue weighted by molar-refractivity contribution is 0.0927. The topological polar surface area (TPSA) is 47.8 Å². The van der Waals surface area contributed by atoms with Crippen LogP contribution in [0.4, 0.5) is 0 Å². The van der Waals surface area contributed by atoms with Crippen molar-refractivity contribution in [2.45, 2.75) is 6.92 Å². The molecule has 0 N–H and O–H groups in total. The van der Waals surface area contributed by atoms with E-state index in [9.17, 15) is 4.79 Å². The summed E-state index contributed by atoms with van der Waals surface area (Å²) in [5.74, 6) is -0.0991. The Labute approximate surface area is 68.8 Å². The van der Waals surface area contributed by atoms with E-state index in [1.165, 1.54) is 11.6 Å². The number of rotatable bonds is 0. The third-order valence-corrected chi connectivity index (χ3v) is 1.64. The molecule has 60 valence electrons. The Morgan fingerprint density at radius 1 is 1.58 bits per heavy atom. The summed E-state index contributed by atoms with van der Waals surface area (Å²) >= 11 is 0. The van der Waals surface area contributed by atoms with Crippen LogP contribution in [0.15, 0.2) is 24.5 Å². The fraction of sp³-hybridized carbons (Fsp3) is 0.125. The van der Waals surface area contributed by atoms with E-state index in [0.29, 0.717) is 0 Å². The van der Waals surface area contributed by atoms with E-state index >= 15 is 0 Å². The van der Waals surface area contributed by atoms with Gasteiger partial charge in [-0.05, 0) is 12.1 Å². The van der Waals surface area contributed by atoms with E-state index in [1.54, 1.807) is 18.5 Å². The Kier molecular flexibility index (Phi) is 1.40. The van der Waals surface area contributed by atoms with Gasteiger partial charge in [0, 0.05) is 13.1 Å². The summed E-state index contributed by atoms with van der Waals surface area (Å²) in [4.78, 5) is 15.0. The number of hydrogen-bond donors (Lipinski definition) is 0. The largest absolute Gasteiger partial charge is 0.273 e. The van der Waals surface area contributed by atoms with Gasteiger partial charge in [0.05, 0.1) is 11.7 Å². The van der Waals surface area contributed by atoms with Crippen LogP contribution in [-0.4, -0.2) is 20.7 Å². The maximum Gasteiger partial charge on any atom is 0.244 e. The van der Waals surface area contributed by atoms with E-state index in [0.717, 1.165) is 11.0 Å².